The molecule has 0 N–H and O–H groups in total. The number of hydrogen-bond donors (Lipinski definition) is 0. The maximum atomic E-state index is 11.2. The quantitative estimate of drug-likeness (QED) is 0.725. The first-order valence-corrected chi connectivity index (χ1v) is 9.01. The SMILES string of the molecule is CCc1ccc(Oc2ccc(S(=O)(=O)Cl)cc2Br)cc1. The second kappa shape index (κ2) is 6.16. The molecule has 0 aliphatic rings. The third-order valence-electron chi connectivity index (χ3n) is 2.74. The molecule has 0 fully saturated rings. The summed E-state index contributed by atoms with van der Waals surface area (Å²) in [4.78, 5) is 0.0275. The lowest BCUT2D eigenvalue weighted by Gasteiger charge is -2.09. The minimum Gasteiger partial charge on any atom is -0.456 e. The third-order valence-corrected chi connectivity index (χ3v) is 4.72. The Labute approximate surface area is 131 Å². The van der Waals surface area contributed by atoms with Crippen molar-refractivity contribution in [2.75, 3.05) is 0 Å². The van der Waals surface area contributed by atoms with Crippen molar-refractivity contribution in [2.24, 2.45) is 0 Å². The van der Waals surface area contributed by atoms with Gasteiger partial charge in [0.25, 0.3) is 9.05 Å². The number of aryl methyl sites for hydroxylation is 1. The van der Waals surface area contributed by atoms with Crippen molar-refractivity contribution in [1.29, 1.82) is 0 Å². The zero-order valence-electron chi connectivity index (χ0n) is 10.6. The van der Waals surface area contributed by atoms with E-state index >= 15 is 0 Å². The molecule has 0 atom stereocenters. The highest BCUT2D eigenvalue weighted by Crippen LogP contribution is 2.32. The predicted molar refractivity (Wildman–Crippen MR) is 83.1 cm³/mol. The molecular weight excluding hydrogens is 364 g/mol. The predicted octanol–water partition coefficient (Wildman–Crippen LogP) is 4.73. The van der Waals surface area contributed by atoms with Crippen molar-refractivity contribution in [3.8, 4) is 11.5 Å². The molecular formula is C14H12BrClO3S. The Hall–Kier alpha value is -1.04. The van der Waals surface area contributed by atoms with Crippen LogP contribution in [-0.2, 0) is 15.5 Å². The van der Waals surface area contributed by atoms with Gasteiger partial charge in [-0.1, -0.05) is 19.1 Å². The summed E-state index contributed by atoms with van der Waals surface area (Å²) in [5.74, 6) is 1.21. The first-order chi connectivity index (χ1) is 9.40. The van der Waals surface area contributed by atoms with Gasteiger partial charge < -0.3 is 4.74 Å². The molecule has 0 saturated carbocycles. The fraction of sp³-hybridized carbons (Fsp3) is 0.143. The fourth-order valence-electron chi connectivity index (χ4n) is 1.64. The van der Waals surface area contributed by atoms with Gasteiger partial charge in [0.2, 0.25) is 0 Å². The second-order valence-corrected chi connectivity index (χ2v) is 7.55. The smallest absolute Gasteiger partial charge is 0.261 e. The minimum atomic E-state index is -3.74. The number of hydrogen-bond acceptors (Lipinski definition) is 3. The van der Waals surface area contributed by atoms with Crippen molar-refractivity contribution in [3.05, 3.63) is 52.5 Å². The molecule has 0 heterocycles. The molecule has 2 aromatic rings. The molecule has 2 rings (SSSR count). The van der Waals surface area contributed by atoms with Crippen LogP contribution in [0.25, 0.3) is 0 Å². The van der Waals surface area contributed by atoms with Gasteiger partial charge in [-0.25, -0.2) is 8.42 Å². The summed E-state index contributed by atoms with van der Waals surface area (Å²) in [5.41, 5.74) is 1.22. The van der Waals surface area contributed by atoms with Crippen LogP contribution in [0.2, 0.25) is 0 Å². The molecule has 0 amide bonds. The van der Waals surface area contributed by atoms with Crippen LogP contribution in [-0.4, -0.2) is 8.42 Å². The molecule has 3 nitrogen and oxygen atoms in total. The molecule has 20 heavy (non-hydrogen) atoms. The van der Waals surface area contributed by atoms with Gasteiger partial charge in [0.15, 0.2) is 0 Å². The Morgan fingerprint density at radius 3 is 2.30 bits per heavy atom. The number of benzene rings is 2. The minimum absolute atomic E-state index is 0.0275. The normalized spacial score (nSPS) is 11.3. The summed E-state index contributed by atoms with van der Waals surface area (Å²) < 4.78 is 28.7. The Bertz CT molecular complexity index is 712. The highest BCUT2D eigenvalue weighted by Gasteiger charge is 2.13. The zero-order chi connectivity index (χ0) is 14.8. The molecule has 0 aliphatic carbocycles. The lowest BCUT2D eigenvalue weighted by molar-refractivity contribution is 0.479. The Morgan fingerprint density at radius 2 is 1.80 bits per heavy atom. The largest absolute Gasteiger partial charge is 0.456 e. The van der Waals surface area contributed by atoms with Gasteiger partial charge in [-0.2, -0.15) is 0 Å². The average molecular weight is 376 g/mol. The van der Waals surface area contributed by atoms with E-state index in [1.807, 2.05) is 24.3 Å². The summed E-state index contributed by atoms with van der Waals surface area (Å²) in [5, 5.41) is 0. The Kier molecular flexibility index (Phi) is 4.73. The monoisotopic (exact) mass is 374 g/mol. The van der Waals surface area contributed by atoms with E-state index in [2.05, 4.69) is 22.9 Å². The molecule has 0 spiro atoms. The van der Waals surface area contributed by atoms with Crippen LogP contribution in [0.15, 0.2) is 51.8 Å². The number of rotatable bonds is 4. The van der Waals surface area contributed by atoms with Crippen molar-refractivity contribution in [3.63, 3.8) is 0 Å². The number of halogens is 2. The topological polar surface area (TPSA) is 43.4 Å². The van der Waals surface area contributed by atoms with Crippen LogP contribution in [0.3, 0.4) is 0 Å². The highest BCUT2D eigenvalue weighted by atomic mass is 79.9. The molecule has 106 valence electrons. The Morgan fingerprint density at radius 1 is 1.15 bits per heavy atom. The van der Waals surface area contributed by atoms with Gasteiger partial charge in [0, 0.05) is 10.7 Å². The van der Waals surface area contributed by atoms with Gasteiger partial charge in [-0.3, -0.25) is 0 Å². The summed E-state index contributed by atoms with van der Waals surface area (Å²) in [6, 6.07) is 12.1. The van der Waals surface area contributed by atoms with Crippen LogP contribution < -0.4 is 4.74 Å². The van der Waals surface area contributed by atoms with Gasteiger partial charge in [0.1, 0.15) is 11.5 Å². The van der Waals surface area contributed by atoms with E-state index in [4.69, 9.17) is 15.4 Å². The lowest BCUT2D eigenvalue weighted by Crippen LogP contribution is -1.92. The van der Waals surface area contributed by atoms with Gasteiger partial charge >= 0.3 is 0 Å². The zero-order valence-corrected chi connectivity index (χ0v) is 13.8. The Balaban J connectivity index is 2.25. The summed E-state index contributed by atoms with van der Waals surface area (Å²) in [6.45, 7) is 2.08. The molecule has 0 bridgehead atoms. The fourth-order valence-corrected chi connectivity index (χ4v) is 3.02. The molecule has 0 radical (unpaired) electrons. The van der Waals surface area contributed by atoms with E-state index in [1.54, 1.807) is 6.07 Å². The van der Waals surface area contributed by atoms with Crippen molar-refractivity contribution < 1.29 is 13.2 Å². The van der Waals surface area contributed by atoms with Crippen molar-refractivity contribution in [2.45, 2.75) is 18.2 Å². The summed E-state index contributed by atoms with van der Waals surface area (Å²) in [6.07, 6.45) is 0.965. The first-order valence-electron chi connectivity index (χ1n) is 5.91. The van der Waals surface area contributed by atoms with Gasteiger partial charge in [-0.05, 0) is 58.2 Å². The van der Waals surface area contributed by atoms with Gasteiger partial charge in [-0.15, -0.1) is 0 Å². The standard InChI is InChI=1S/C14H12BrClO3S/c1-2-10-3-5-11(6-4-10)19-14-8-7-12(9-13(14)15)20(16,17)18/h3-9H,2H2,1H3. The molecule has 0 unspecified atom stereocenters. The van der Waals surface area contributed by atoms with Crippen LogP contribution in [0.1, 0.15) is 12.5 Å². The lowest BCUT2D eigenvalue weighted by atomic mass is 10.2. The van der Waals surface area contributed by atoms with E-state index in [9.17, 15) is 8.42 Å². The molecule has 2 aromatic carbocycles. The van der Waals surface area contributed by atoms with Crippen LogP contribution in [0.5, 0.6) is 11.5 Å². The van der Waals surface area contributed by atoms with E-state index in [0.29, 0.717) is 16.0 Å². The van der Waals surface area contributed by atoms with Crippen LogP contribution >= 0.6 is 26.6 Å². The van der Waals surface area contributed by atoms with Crippen molar-refractivity contribution >= 4 is 35.7 Å². The summed E-state index contributed by atoms with van der Waals surface area (Å²) >= 11 is 3.28. The third kappa shape index (κ3) is 3.75. The van der Waals surface area contributed by atoms with Gasteiger partial charge in [0.05, 0.1) is 9.37 Å². The molecule has 0 aliphatic heterocycles. The maximum Gasteiger partial charge on any atom is 0.261 e. The molecule has 0 aromatic heterocycles. The number of ether oxygens (including phenoxy) is 1. The summed E-state index contributed by atoms with van der Waals surface area (Å²) in [7, 11) is 1.55. The van der Waals surface area contributed by atoms with Crippen molar-refractivity contribution in [1.82, 2.24) is 0 Å². The van der Waals surface area contributed by atoms with E-state index < -0.39 is 9.05 Å². The highest BCUT2D eigenvalue weighted by molar-refractivity contribution is 9.10. The molecule has 6 heteroatoms. The van der Waals surface area contributed by atoms with E-state index in [0.717, 1.165) is 6.42 Å². The first kappa shape index (κ1) is 15.4. The molecule has 0 saturated heterocycles. The van der Waals surface area contributed by atoms with E-state index in [1.165, 1.54) is 17.7 Å². The van der Waals surface area contributed by atoms with Crippen LogP contribution in [0, 0.1) is 0 Å². The second-order valence-electron chi connectivity index (χ2n) is 4.13. The van der Waals surface area contributed by atoms with E-state index in [-0.39, 0.29) is 4.90 Å². The average Bonchev–Trinajstić information content (AvgIpc) is 2.41. The van der Waals surface area contributed by atoms with Crippen LogP contribution in [0.4, 0.5) is 0 Å². The maximum absolute atomic E-state index is 11.2.